The zero-order valence-electron chi connectivity index (χ0n) is 27.9. The second kappa shape index (κ2) is 17.2. The first kappa shape index (κ1) is 37.0. The van der Waals surface area contributed by atoms with Gasteiger partial charge < -0.3 is 24.6 Å². The summed E-state index contributed by atoms with van der Waals surface area (Å²) in [6, 6.07) is -1.91. The van der Waals surface area contributed by atoms with Crippen molar-refractivity contribution in [2.75, 3.05) is 27.8 Å². The second-order valence-corrected chi connectivity index (χ2v) is 13.1. The summed E-state index contributed by atoms with van der Waals surface area (Å²) >= 11 is 0. The summed E-state index contributed by atoms with van der Waals surface area (Å²) in [6.45, 7) is 17.4. The van der Waals surface area contributed by atoms with Crippen molar-refractivity contribution in [3.05, 3.63) is 0 Å². The molecule has 0 aliphatic heterocycles. The van der Waals surface area contributed by atoms with E-state index >= 15 is 0 Å². The van der Waals surface area contributed by atoms with E-state index in [-0.39, 0.29) is 72.3 Å². The van der Waals surface area contributed by atoms with Gasteiger partial charge in [0.25, 0.3) is 0 Å². The van der Waals surface area contributed by atoms with Crippen LogP contribution in [-0.2, 0) is 28.7 Å². The van der Waals surface area contributed by atoms with Crippen LogP contribution >= 0.6 is 0 Å². The van der Waals surface area contributed by atoms with E-state index in [1.54, 1.807) is 26.1 Å². The van der Waals surface area contributed by atoms with Gasteiger partial charge in [0.05, 0.1) is 18.2 Å². The topological polar surface area (TPSA) is 105 Å². The summed E-state index contributed by atoms with van der Waals surface area (Å²) in [5.41, 5.74) is 0. The molecule has 7 atom stereocenters. The summed E-state index contributed by atoms with van der Waals surface area (Å²) in [6.07, 6.45) is 3.56. The lowest BCUT2D eigenvalue weighted by Crippen LogP contribution is -2.60. The molecule has 9 heteroatoms. The van der Waals surface area contributed by atoms with E-state index in [4.69, 9.17) is 9.47 Å². The van der Waals surface area contributed by atoms with Crippen LogP contribution in [0.5, 0.6) is 0 Å². The third-order valence-electron chi connectivity index (χ3n) is 8.86. The third kappa shape index (κ3) is 10.3. The molecule has 0 heterocycles. The van der Waals surface area contributed by atoms with E-state index in [2.05, 4.69) is 26.1 Å². The van der Waals surface area contributed by atoms with E-state index in [1.807, 2.05) is 41.5 Å². The van der Waals surface area contributed by atoms with Crippen molar-refractivity contribution in [2.24, 2.45) is 29.6 Å². The number of rotatable bonds is 17. The third-order valence-corrected chi connectivity index (χ3v) is 8.86. The highest BCUT2D eigenvalue weighted by Gasteiger charge is 2.40. The fourth-order valence-corrected chi connectivity index (χ4v) is 6.10. The van der Waals surface area contributed by atoms with Gasteiger partial charge in [0.1, 0.15) is 24.5 Å². The van der Waals surface area contributed by atoms with Crippen molar-refractivity contribution < 1.29 is 28.7 Å². The molecule has 1 aliphatic carbocycles. The maximum Gasteiger partial charge on any atom is 0.249 e. The molecule has 0 spiro atoms. The van der Waals surface area contributed by atoms with Crippen LogP contribution in [0.25, 0.3) is 0 Å². The number of ketones is 1. The van der Waals surface area contributed by atoms with Crippen LogP contribution in [0.15, 0.2) is 0 Å². The van der Waals surface area contributed by atoms with E-state index < -0.39 is 18.2 Å². The second-order valence-electron chi connectivity index (χ2n) is 13.1. The van der Waals surface area contributed by atoms with Crippen molar-refractivity contribution in [1.29, 1.82) is 0 Å². The predicted molar refractivity (Wildman–Crippen MR) is 162 cm³/mol. The van der Waals surface area contributed by atoms with Crippen LogP contribution in [0, 0.1) is 29.6 Å². The van der Waals surface area contributed by atoms with Crippen LogP contribution in [0.3, 0.4) is 0 Å². The van der Waals surface area contributed by atoms with Crippen molar-refractivity contribution in [3.8, 4) is 0 Å². The van der Waals surface area contributed by atoms with Gasteiger partial charge in [-0.3, -0.25) is 19.2 Å². The van der Waals surface area contributed by atoms with Crippen molar-refractivity contribution in [2.45, 2.75) is 125 Å². The van der Waals surface area contributed by atoms with Gasteiger partial charge in [-0.15, -0.1) is 0 Å². The standard InChI is InChI=1S/C32H59N3O6/c1-13-22(8)30(26(40-12)17-25(36)24-16-14-15-23(24)9)35(11)32(39)28(19(2)3)33-31(38)29(20(4)5)34(10)27(37)18-41-21(6)7/h19-24,26,28-30H,13-18H2,1-12H3,(H,33,38)/t22-,23+,24?,26+,28-,29-,30-/m0/s1. The summed E-state index contributed by atoms with van der Waals surface area (Å²) in [5, 5.41) is 2.97. The van der Waals surface area contributed by atoms with Gasteiger partial charge in [0.15, 0.2) is 0 Å². The van der Waals surface area contributed by atoms with Gasteiger partial charge >= 0.3 is 0 Å². The number of hydrogen-bond donors (Lipinski definition) is 1. The highest BCUT2D eigenvalue weighted by Crippen LogP contribution is 2.34. The number of ether oxygens (including phenoxy) is 2. The molecule has 41 heavy (non-hydrogen) atoms. The first-order valence-corrected chi connectivity index (χ1v) is 15.6. The Bertz CT molecular complexity index is 860. The minimum Gasteiger partial charge on any atom is -0.379 e. The zero-order chi connectivity index (χ0) is 31.6. The maximum atomic E-state index is 14.0. The molecule has 0 aromatic rings. The summed E-state index contributed by atoms with van der Waals surface area (Å²) in [7, 11) is 4.95. The molecular formula is C32H59N3O6. The number of carbonyl (C=O) groups is 4. The Morgan fingerprint density at radius 1 is 0.927 bits per heavy atom. The van der Waals surface area contributed by atoms with Crippen LogP contribution in [-0.4, -0.2) is 91.5 Å². The minimum absolute atomic E-state index is 0.0487. The molecule has 0 bridgehead atoms. The normalized spacial score (nSPS) is 21.0. The number of Topliss-reactive ketones (excluding diaryl/α,β-unsaturated/α-hetero) is 1. The molecule has 1 rings (SSSR count). The molecule has 3 amide bonds. The van der Waals surface area contributed by atoms with Gasteiger partial charge in [-0.05, 0) is 50.4 Å². The molecule has 1 N–H and O–H groups in total. The number of nitrogens with one attached hydrogen (secondary N) is 1. The molecule has 9 nitrogen and oxygen atoms in total. The van der Waals surface area contributed by atoms with E-state index in [0.29, 0.717) is 5.92 Å². The molecule has 1 unspecified atom stereocenters. The molecule has 1 fully saturated rings. The zero-order valence-corrected chi connectivity index (χ0v) is 27.9. The average Bonchev–Trinajstić information content (AvgIpc) is 3.34. The van der Waals surface area contributed by atoms with Gasteiger partial charge in [-0.25, -0.2) is 0 Å². The average molecular weight is 582 g/mol. The molecule has 0 aromatic carbocycles. The lowest BCUT2D eigenvalue weighted by molar-refractivity contribution is -0.148. The van der Waals surface area contributed by atoms with E-state index in [0.717, 1.165) is 25.7 Å². The Balaban J connectivity index is 3.19. The van der Waals surface area contributed by atoms with Crippen LogP contribution in [0.1, 0.15) is 94.4 Å². The van der Waals surface area contributed by atoms with E-state index in [1.165, 1.54) is 4.90 Å². The number of nitrogens with zero attached hydrogens (tertiary/aromatic N) is 2. The fraction of sp³-hybridized carbons (Fsp3) is 0.875. The maximum absolute atomic E-state index is 14.0. The summed E-state index contributed by atoms with van der Waals surface area (Å²) < 4.78 is 11.4. The quantitative estimate of drug-likeness (QED) is 0.274. The number of amides is 3. The molecular weight excluding hydrogens is 522 g/mol. The Kier molecular flexibility index (Phi) is 15.5. The number of hydrogen-bond acceptors (Lipinski definition) is 6. The Morgan fingerprint density at radius 2 is 1.54 bits per heavy atom. The fourth-order valence-electron chi connectivity index (χ4n) is 6.10. The number of carbonyl (C=O) groups excluding carboxylic acids is 4. The Labute approximate surface area is 249 Å². The largest absolute Gasteiger partial charge is 0.379 e. The monoisotopic (exact) mass is 581 g/mol. The van der Waals surface area contributed by atoms with Crippen LogP contribution in [0.4, 0.5) is 0 Å². The molecule has 0 aromatic heterocycles. The van der Waals surface area contributed by atoms with Crippen LogP contribution in [0.2, 0.25) is 0 Å². The molecule has 1 aliphatic rings. The SMILES string of the molecule is CC[C@H](C)[C@@H]([C@@H](CC(=O)C1CCC[C@H]1C)OC)N(C)C(=O)[C@@H](NC(=O)[C@H](C(C)C)N(C)C(=O)COC(C)C)C(C)C. The van der Waals surface area contributed by atoms with Crippen molar-refractivity contribution in [3.63, 3.8) is 0 Å². The van der Waals surface area contributed by atoms with Gasteiger partial charge in [0, 0.05) is 33.5 Å². The lowest BCUT2D eigenvalue weighted by Gasteiger charge is -2.40. The van der Waals surface area contributed by atoms with Gasteiger partial charge in [-0.2, -0.15) is 0 Å². The molecule has 238 valence electrons. The highest BCUT2D eigenvalue weighted by molar-refractivity contribution is 5.92. The predicted octanol–water partition coefficient (Wildman–Crippen LogP) is 4.32. The lowest BCUT2D eigenvalue weighted by atomic mass is 9.85. The summed E-state index contributed by atoms with van der Waals surface area (Å²) in [4.78, 5) is 56.8. The van der Waals surface area contributed by atoms with E-state index in [9.17, 15) is 19.2 Å². The Morgan fingerprint density at radius 3 is 1.98 bits per heavy atom. The van der Waals surface area contributed by atoms with Crippen LogP contribution < -0.4 is 5.32 Å². The molecule has 1 saturated carbocycles. The first-order chi connectivity index (χ1) is 19.1. The molecule has 0 radical (unpaired) electrons. The Hall–Kier alpha value is -2.00. The van der Waals surface area contributed by atoms with Crippen molar-refractivity contribution in [1.82, 2.24) is 15.1 Å². The number of likely N-dealkylation sites (N-methyl/N-ethyl adjacent to an activating group) is 2. The smallest absolute Gasteiger partial charge is 0.249 e. The highest BCUT2D eigenvalue weighted by atomic mass is 16.5. The van der Waals surface area contributed by atoms with Crippen molar-refractivity contribution >= 4 is 23.5 Å². The van der Waals surface area contributed by atoms with Gasteiger partial charge in [-0.1, -0.05) is 61.3 Å². The number of methoxy groups -OCH3 is 1. The minimum atomic E-state index is -0.807. The van der Waals surface area contributed by atoms with Gasteiger partial charge in [0.2, 0.25) is 17.7 Å². The summed E-state index contributed by atoms with van der Waals surface area (Å²) in [5.74, 6) is -0.594. The first-order valence-electron chi connectivity index (χ1n) is 15.6. The molecule has 0 saturated heterocycles.